The van der Waals surface area contributed by atoms with Gasteiger partial charge in [0, 0.05) is 58.5 Å². The third kappa shape index (κ3) is 85.1. The zero-order chi connectivity index (χ0) is 27.1. The van der Waals surface area contributed by atoms with Crippen LogP contribution in [0.2, 0.25) is 0 Å². The van der Waals surface area contributed by atoms with E-state index in [1.807, 2.05) is 0 Å². The summed E-state index contributed by atoms with van der Waals surface area (Å²) >= 11 is 0.750. The Morgan fingerprint density at radius 2 is 0.824 bits per heavy atom. The zero-order valence-corrected chi connectivity index (χ0v) is 24.0. The molecule has 0 aromatic carbocycles. The van der Waals surface area contributed by atoms with Crippen LogP contribution in [0.4, 0.5) is 0 Å². The summed E-state index contributed by atoms with van der Waals surface area (Å²) in [5.41, 5.74) is 15.7. The number of hydroxylamine groups is 1. The van der Waals surface area contributed by atoms with Crippen molar-refractivity contribution in [3.05, 3.63) is 11.5 Å². The molecule has 0 rings (SSSR count). The Morgan fingerprint density at radius 1 is 0.588 bits per heavy atom. The van der Waals surface area contributed by atoms with Crippen LogP contribution in [0, 0.1) is 0 Å². The Morgan fingerprint density at radius 3 is 1.06 bits per heavy atom. The Hall–Kier alpha value is 0.0743. The van der Waals surface area contributed by atoms with Gasteiger partial charge in [-0.3, -0.25) is 0 Å². The van der Waals surface area contributed by atoms with Crippen molar-refractivity contribution in [2.45, 2.75) is 40.7 Å². The molecule has 0 aromatic rings. The second-order valence-corrected chi connectivity index (χ2v) is 6.81. The van der Waals surface area contributed by atoms with Crippen LogP contribution in [-0.4, -0.2) is 115 Å². The summed E-state index contributed by atoms with van der Waals surface area (Å²) in [7, 11) is 0. The topological polar surface area (TPSA) is 189 Å². The van der Waals surface area contributed by atoms with E-state index in [-0.39, 0.29) is 6.10 Å². The van der Waals surface area contributed by atoms with Crippen LogP contribution in [-0.2, 0) is 23.7 Å². The van der Waals surface area contributed by atoms with Crippen molar-refractivity contribution in [1.82, 2.24) is 37.4 Å². The molecular formula is C21H57N9O3Ti. The molecule has 0 aliphatic carbocycles. The first-order valence-electron chi connectivity index (χ1n) is 12.3. The molecule has 0 saturated heterocycles. The molecule has 0 saturated carbocycles. The number of nitrogens with one attached hydrogen (secondary N) is 9. The van der Waals surface area contributed by atoms with Gasteiger partial charge in [-0.05, 0) is 46.6 Å². The molecular weight excluding hydrogens is 474 g/mol. The van der Waals surface area contributed by atoms with Crippen molar-refractivity contribution >= 4 is 0 Å². The average molecular weight is 532 g/mol. The van der Waals surface area contributed by atoms with Gasteiger partial charge in [0.15, 0.2) is 0 Å². The quantitative estimate of drug-likeness (QED) is 0.0618. The van der Waals surface area contributed by atoms with Gasteiger partial charge in [-0.25, -0.2) is 5.48 Å². The van der Waals surface area contributed by atoms with Gasteiger partial charge in [-0.15, -0.1) is 13.1 Å². The summed E-state index contributed by atoms with van der Waals surface area (Å²) in [6.45, 7) is 22.7. The maximum absolute atomic E-state index is 8.25. The molecule has 0 radical (unpaired) electrons. The molecule has 13 heteroatoms. The Balaban J connectivity index is -0.000000111. The second kappa shape index (κ2) is 54.1. The van der Waals surface area contributed by atoms with Crippen LogP contribution in [0.5, 0.6) is 0 Å². The molecule has 0 aromatic heterocycles. The standard InChI is InChI=1S/C6H17N3O.2C6H16N3.C3H8O.O.Ti/c1-2-7-3-4-8-5-6-9-10;2*1-2-8-5-6-9-4-3-7;1-3(2)4;;/h7-10H,2-6H2,1H3;2*7-9H,2-6H2,1H3;3-4H,1-2H3;;/q;2*-1;;;+2. The van der Waals surface area contributed by atoms with Gasteiger partial charge in [0.1, 0.15) is 0 Å². The zero-order valence-electron chi connectivity index (χ0n) is 22.5. The predicted octanol–water partition coefficient (Wildman–Crippen LogP) is -0.0945. The molecule has 0 aliphatic heterocycles. The van der Waals surface area contributed by atoms with Crippen LogP contribution >= 0.6 is 0 Å². The van der Waals surface area contributed by atoms with Crippen LogP contribution in [0.1, 0.15) is 34.6 Å². The van der Waals surface area contributed by atoms with Crippen LogP contribution in [0.25, 0.3) is 11.5 Å². The number of hydrogen-bond donors (Lipinski definition) is 9. The Labute approximate surface area is 221 Å². The predicted molar refractivity (Wildman–Crippen MR) is 140 cm³/mol. The van der Waals surface area contributed by atoms with Gasteiger partial charge >= 0.3 is 23.7 Å². The molecule has 0 fully saturated rings. The Bertz CT molecular complexity index is 253. The summed E-state index contributed by atoms with van der Waals surface area (Å²) in [6.07, 6.45) is -0.167. The van der Waals surface area contributed by atoms with E-state index < -0.39 is 0 Å². The molecule has 0 bridgehead atoms. The van der Waals surface area contributed by atoms with Crippen molar-refractivity contribution < 1.29 is 34.0 Å². The van der Waals surface area contributed by atoms with Crippen molar-refractivity contribution in [1.29, 1.82) is 0 Å². The fraction of sp³-hybridized carbons (Fsp3) is 1.00. The van der Waals surface area contributed by atoms with E-state index in [1.54, 1.807) is 13.8 Å². The summed E-state index contributed by atoms with van der Waals surface area (Å²) in [4.78, 5) is 0. The Kier molecular flexibility index (Phi) is 70.2. The fourth-order valence-electron chi connectivity index (χ4n) is 1.76. The SMILES string of the molecule is CC(C)O.CCNCCNCCNO.CCNCCNCC[NH-].CCNCCNCC[NH-].[O]=[Ti+2]. The molecule has 0 spiro atoms. The first kappa shape index (κ1) is 44.1. The summed E-state index contributed by atoms with van der Waals surface area (Å²) in [5.74, 6) is 0. The van der Waals surface area contributed by atoms with E-state index in [1.165, 1.54) is 0 Å². The molecule has 0 atom stereocenters. The van der Waals surface area contributed by atoms with E-state index in [4.69, 9.17) is 25.1 Å². The first-order chi connectivity index (χ1) is 16.5. The molecule has 34 heavy (non-hydrogen) atoms. The van der Waals surface area contributed by atoms with E-state index in [0.717, 1.165) is 98.9 Å². The van der Waals surface area contributed by atoms with Gasteiger partial charge in [-0.1, -0.05) is 20.8 Å². The normalized spacial score (nSPS) is 9.53. The fourth-order valence-corrected chi connectivity index (χ4v) is 1.76. The molecule has 208 valence electrons. The van der Waals surface area contributed by atoms with E-state index >= 15 is 0 Å². The third-order valence-corrected chi connectivity index (χ3v) is 3.20. The molecule has 11 N–H and O–H groups in total. The molecule has 0 heterocycles. The maximum atomic E-state index is 8.25. The van der Waals surface area contributed by atoms with Crippen molar-refractivity contribution in [2.75, 3.05) is 98.2 Å². The van der Waals surface area contributed by atoms with Gasteiger partial charge in [0.2, 0.25) is 0 Å². The summed E-state index contributed by atoms with van der Waals surface area (Å²) < 4.78 is 8.25. The number of rotatable bonds is 19. The third-order valence-electron chi connectivity index (χ3n) is 3.20. The molecule has 12 nitrogen and oxygen atoms in total. The van der Waals surface area contributed by atoms with Gasteiger partial charge in [-0.2, -0.15) is 0 Å². The van der Waals surface area contributed by atoms with E-state index in [9.17, 15) is 0 Å². The van der Waals surface area contributed by atoms with E-state index in [0.29, 0.717) is 19.6 Å². The van der Waals surface area contributed by atoms with Gasteiger partial charge in [0.25, 0.3) is 0 Å². The van der Waals surface area contributed by atoms with Crippen molar-refractivity contribution in [2.24, 2.45) is 0 Å². The number of hydrogen-bond acceptors (Lipinski definition) is 10. The van der Waals surface area contributed by atoms with E-state index in [2.05, 4.69) is 58.2 Å². The minimum absolute atomic E-state index is 0.167. The van der Waals surface area contributed by atoms with Crippen molar-refractivity contribution in [3.8, 4) is 0 Å². The monoisotopic (exact) mass is 531 g/mol. The minimum atomic E-state index is -0.167. The second-order valence-electron chi connectivity index (χ2n) is 6.81. The average Bonchev–Trinajstić information content (AvgIpc) is 2.83. The van der Waals surface area contributed by atoms with Crippen LogP contribution < -0.4 is 37.4 Å². The first-order valence-corrected chi connectivity index (χ1v) is 12.9. The summed E-state index contributed by atoms with van der Waals surface area (Å²) in [6, 6.07) is 0. The van der Waals surface area contributed by atoms with Gasteiger partial charge in [0.05, 0.1) is 0 Å². The van der Waals surface area contributed by atoms with Crippen LogP contribution in [0.3, 0.4) is 0 Å². The van der Waals surface area contributed by atoms with Crippen LogP contribution in [0.15, 0.2) is 0 Å². The van der Waals surface area contributed by atoms with Gasteiger partial charge < -0.3 is 53.7 Å². The number of aliphatic hydroxyl groups is 1. The molecule has 0 unspecified atom stereocenters. The number of aliphatic hydroxyl groups excluding tert-OH is 1. The van der Waals surface area contributed by atoms with Crippen molar-refractivity contribution in [3.63, 3.8) is 0 Å². The molecule has 0 aliphatic rings. The summed E-state index contributed by atoms with van der Waals surface area (Å²) in [5, 5.41) is 35.1. The molecule has 0 amide bonds. The number of likely N-dealkylation sites (N-methyl/N-ethyl adjacent to an activating group) is 3.